The second-order valence-corrected chi connectivity index (χ2v) is 7.69. The first-order valence-corrected chi connectivity index (χ1v) is 9.50. The highest BCUT2D eigenvalue weighted by Gasteiger charge is 2.44. The molecular formula is C20H30N2O2. The summed E-state index contributed by atoms with van der Waals surface area (Å²) in [7, 11) is 1.76. The largest absolute Gasteiger partial charge is 0.496 e. The highest BCUT2D eigenvalue weighted by atomic mass is 16.5. The molecule has 4 heteroatoms. The number of methoxy groups -OCH3 is 1. The van der Waals surface area contributed by atoms with Crippen LogP contribution in [0.1, 0.15) is 37.7 Å². The Kier molecular flexibility index (Phi) is 4.79. The Balaban J connectivity index is 1.40. The van der Waals surface area contributed by atoms with Gasteiger partial charge in [-0.25, -0.2) is 0 Å². The van der Waals surface area contributed by atoms with E-state index in [-0.39, 0.29) is 5.60 Å². The molecule has 0 N–H and O–H groups in total. The standard InChI is InChI=1S/C20H30N2O2/c1-23-19-7-3-2-6-17(19)15-21-12-9-20(16-21)14-18(8-13-24-20)22-10-4-5-11-22/h2-3,6-7,18H,4-5,8-16H2,1H3/t18-,20-/m0/s1. The maximum atomic E-state index is 6.34. The van der Waals surface area contributed by atoms with Gasteiger partial charge in [-0.1, -0.05) is 18.2 Å². The second-order valence-electron chi connectivity index (χ2n) is 7.69. The van der Waals surface area contributed by atoms with E-state index in [9.17, 15) is 0 Å². The minimum atomic E-state index is 0.0908. The summed E-state index contributed by atoms with van der Waals surface area (Å²) in [4.78, 5) is 5.26. The van der Waals surface area contributed by atoms with E-state index in [1.54, 1.807) is 7.11 Å². The van der Waals surface area contributed by atoms with Crippen molar-refractivity contribution in [2.45, 2.75) is 50.3 Å². The molecule has 0 unspecified atom stereocenters. The molecule has 0 bridgehead atoms. The molecule has 3 heterocycles. The summed E-state index contributed by atoms with van der Waals surface area (Å²) >= 11 is 0. The van der Waals surface area contributed by atoms with Crippen molar-refractivity contribution >= 4 is 0 Å². The van der Waals surface area contributed by atoms with Gasteiger partial charge in [0.2, 0.25) is 0 Å². The molecule has 0 aliphatic carbocycles. The predicted octanol–water partition coefficient (Wildman–Crippen LogP) is 2.91. The monoisotopic (exact) mass is 330 g/mol. The third-order valence-corrected chi connectivity index (χ3v) is 6.11. The van der Waals surface area contributed by atoms with Gasteiger partial charge in [0.1, 0.15) is 5.75 Å². The van der Waals surface area contributed by atoms with Crippen LogP contribution in [-0.2, 0) is 11.3 Å². The number of hydrogen-bond acceptors (Lipinski definition) is 4. The van der Waals surface area contributed by atoms with Gasteiger partial charge in [0.05, 0.1) is 12.7 Å². The van der Waals surface area contributed by atoms with Crippen LogP contribution in [0.4, 0.5) is 0 Å². The third-order valence-electron chi connectivity index (χ3n) is 6.11. The Morgan fingerprint density at radius 3 is 2.88 bits per heavy atom. The summed E-state index contributed by atoms with van der Waals surface area (Å²) in [5.41, 5.74) is 1.37. The van der Waals surface area contributed by atoms with Crippen molar-refractivity contribution in [3.05, 3.63) is 29.8 Å². The molecule has 1 spiro atoms. The average Bonchev–Trinajstić information content (AvgIpc) is 3.26. The highest BCUT2D eigenvalue weighted by Crippen LogP contribution is 2.37. The second kappa shape index (κ2) is 7.03. The Morgan fingerprint density at radius 2 is 2.04 bits per heavy atom. The molecule has 24 heavy (non-hydrogen) atoms. The van der Waals surface area contributed by atoms with Crippen molar-refractivity contribution < 1.29 is 9.47 Å². The maximum absolute atomic E-state index is 6.34. The molecule has 3 fully saturated rings. The van der Waals surface area contributed by atoms with Crippen LogP contribution in [0.25, 0.3) is 0 Å². The molecule has 3 aliphatic heterocycles. The van der Waals surface area contributed by atoms with Crippen molar-refractivity contribution in [2.24, 2.45) is 0 Å². The number of hydrogen-bond donors (Lipinski definition) is 0. The van der Waals surface area contributed by atoms with Crippen LogP contribution in [0.5, 0.6) is 5.75 Å². The van der Waals surface area contributed by atoms with Gasteiger partial charge in [-0.05, 0) is 51.3 Å². The summed E-state index contributed by atoms with van der Waals surface area (Å²) < 4.78 is 11.9. The molecular weight excluding hydrogens is 300 g/mol. The van der Waals surface area contributed by atoms with E-state index >= 15 is 0 Å². The van der Waals surface area contributed by atoms with E-state index in [0.29, 0.717) is 0 Å². The number of benzene rings is 1. The summed E-state index contributed by atoms with van der Waals surface area (Å²) in [6.07, 6.45) is 6.37. The van der Waals surface area contributed by atoms with E-state index in [4.69, 9.17) is 9.47 Å². The zero-order valence-electron chi connectivity index (χ0n) is 14.9. The minimum Gasteiger partial charge on any atom is -0.496 e. The summed E-state index contributed by atoms with van der Waals surface area (Å²) in [5, 5.41) is 0. The topological polar surface area (TPSA) is 24.9 Å². The van der Waals surface area contributed by atoms with E-state index in [1.807, 2.05) is 6.07 Å². The zero-order valence-corrected chi connectivity index (χ0v) is 14.9. The van der Waals surface area contributed by atoms with Crippen LogP contribution >= 0.6 is 0 Å². The summed E-state index contributed by atoms with van der Waals surface area (Å²) in [6.45, 7) is 6.69. The molecule has 2 atom stereocenters. The minimum absolute atomic E-state index is 0.0908. The maximum Gasteiger partial charge on any atom is 0.123 e. The number of nitrogens with zero attached hydrogens (tertiary/aromatic N) is 2. The lowest BCUT2D eigenvalue weighted by atomic mass is 9.89. The lowest BCUT2D eigenvalue weighted by molar-refractivity contribution is -0.0961. The van der Waals surface area contributed by atoms with Crippen molar-refractivity contribution in [2.75, 3.05) is 39.9 Å². The molecule has 0 saturated carbocycles. The molecule has 0 aromatic heterocycles. The van der Waals surface area contributed by atoms with Gasteiger partial charge >= 0.3 is 0 Å². The van der Waals surface area contributed by atoms with Crippen molar-refractivity contribution in [3.8, 4) is 5.75 Å². The number of para-hydroxylation sites is 1. The quantitative estimate of drug-likeness (QED) is 0.847. The van der Waals surface area contributed by atoms with E-state index in [2.05, 4.69) is 28.0 Å². The molecule has 4 nitrogen and oxygen atoms in total. The molecule has 3 aliphatic rings. The van der Waals surface area contributed by atoms with Crippen LogP contribution < -0.4 is 4.74 Å². The fraction of sp³-hybridized carbons (Fsp3) is 0.700. The lowest BCUT2D eigenvalue weighted by Crippen LogP contribution is -2.49. The molecule has 132 valence electrons. The first-order chi connectivity index (χ1) is 11.8. The van der Waals surface area contributed by atoms with Gasteiger partial charge in [-0.15, -0.1) is 0 Å². The first-order valence-electron chi connectivity index (χ1n) is 9.50. The van der Waals surface area contributed by atoms with Crippen molar-refractivity contribution in [1.82, 2.24) is 9.80 Å². The lowest BCUT2D eigenvalue weighted by Gasteiger charge is -2.41. The van der Waals surface area contributed by atoms with Crippen LogP contribution in [-0.4, -0.2) is 61.3 Å². The Morgan fingerprint density at radius 1 is 1.21 bits per heavy atom. The van der Waals surface area contributed by atoms with Crippen molar-refractivity contribution in [1.29, 1.82) is 0 Å². The van der Waals surface area contributed by atoms with Gasteiger partial charge in [-0.3, -0.25) is 4.90 Å². The molecule has 1 aromatic carbocycles. The molecule has 4 rings (SSSR count). The molecule has 3 saturated heterocycles. The van der Waals surface area contributed by atoms with Crippen LogP contribution in [0.2, 0.25) is 0 Å². The van der Waals surface area contributed by atoms with E-state index < -0.39 is 0 Å². The summed E-state index contributed by atoms with van der Waals surface area (Å²) in [5.74, 6) is 0.998. The van der Waals surface area contributed by atoms with E-state index in [0.717, 1.165) is 38.0 Å². The van der Waals surface area contributed by atoms with Crippen molar-refractivity contribution in [3.63, 3.8) is 0 Å². The molecule has 0 radical (unpaired) electrons. The van der Waals surface area contributed by atoms with Gasteiger partial charge in [-0.2, -0.15) is 0 Å². The molecule has 1 aromatic rings. The average molecular weight is 330 g/mol. The SMILES string of the molecule is COc1ccccc1CN1CC[C@]2(C[C@@H](N3CCCC3)CCO2)C1. The number of likely N-dealkylation sites (tertiary alicyclic amines) is 2. The fourth-order valence-electron chi connectivity index (χ4n) is 4.84. The van der Waals surface area contributed by atoms with Crippen LogP contribution in [0.15, 0.2) is 24.3 Å². The number of ether oxygens (including phenoxy) is 2. The zero-order chi connectivity index (χ0) is 16.4. The van der Waals surface area contributed by atoms with Gasteiger partial charge < -0.3 is 14.4 Å². The van der Waals surface area contributed by atoms with Crippen LogP contribution in [0, 0.1) is 0 Å². The highest BCUT2D eigenvalue weighted by molar-refractivity contribution is 5.33. The first kappa shape index (κ1) is 16.4. The summed E-state index contributed by atoms with van der Waals surface area (Å²) in [6, 6.07) is 9.12. The Hall–Kier alpha value is -1.10. The number of rotatable bonds is 4. The normalized spacial score (nSPS) is 31.8. The van der Waals surface area contributed by atoms with Gasteiger partial charge in [0.15, 0.2) is 0 Å². The fourth-order valence-corrected chi connectivity index (χ4v) is 4.84. The van der Waals surface area contributed by atoms with Gasteiger partial charge in [0, 0.05) is 37.8 Å². The van der Waals surface area contributed by atoms with E-state index in [1.165, 1.54) is 50.8 Å². The Bertz CT molecular complexity index is 558. The third kappa shape index (κ3) is 3.32. The smallest absolute Gasteiger partial charge is 0.123 e. The Labute approximate surface area is 145 Å². The van der Waals surface area contributed by atoms with Crippen LogP contribution in [0.3, 0.4) is 0 Å². The predicted molar refractivity (Wildman–Crippen MR) is 95.4 cm³/mol. The molecule has 0 amide bonds. The van der Waals surface area contributed by atoms with Gasteiger partial charge in [0.25, 0.3) is 0 Å².